The van der Waals surface area contributed by atoms with E-state index in [2.05, 4.69) is 32.8 Å². The standard InChI is InChI=1S/C21H29N5O2/c1-24-11-13-26(14-12-24)21-22-18-8-10-25(9-7-17(18)20(27)23-21)15-16-5-3-4-6-19(16)28-2/h3-6H,7-15H2,1-2H3,(H,22,23,27). The van der Waals surface area contributed by atoms with Gasteiger partial charge in [-0.1, -0.05) is 18.2 Å². The Bertz CT molecular complexity index is 873. The van der Waals surface area contributed by atoms with E-state index < -0.39 is 0 Å². The van der Waals surface area contributed by atoms with Gasteiger partial charge in [-0.05, 0) is 19.5 Å². The molecule has 1 N–H and O–H groups in total. The van der Waals surface area contributed by atoms with Gasteiger partial charge in [0, 0.05) is 63.4 Å². The largest absolute Gasteiger partial charge is 0.496 e. The summed E-state index contributed by atoms with van der Waals surface area (Å²) in [4.78, 5) is 27.5. The summed E-state index contributed by atoms with van der Waals surface area (Å²) >= 11 is 0. The number of piperazine rings is 1. The van der Waals surface area contributed by atoms with Crippen molar-refractivity contribution in [2.75, 3.05) is 58.3 Å². The molecule has 1 saturated heterocycles. The normalized spacial score (nSPS) is 18.6. The summed E-state index contributed by atoms with van der Waals surface area (Å²) in [6.07, 6.45) is 1.53. The molecule has 3 heterocycles. The van der Waals surface area contributed by atoms with E-state index in [0.717, 1.165) is 81.6 Å². The number of likely N-dealkylation sites (N-methyl/N-ethyl adjacent to an activating group) is 1. The molecular weight excluding hydrogens is 354 g/mol. The fourth-order valence-electron chi connectivity index (χ4n) is 4.04. The van der Waals surface area contributed by atoms with Gasteiger partial charge >= 0.3 is 0 Å². The summed E-state index contributed by atoms with van der Waals surface area (Å²) < 4.78 is 5.49. The highest BCUT2D eigenvalue weighted by atomic mass is 16.5. The highest BCUT2D eigenvalue weighted by Crippen LogP contribution is 2.21. The van der Waals surface area contributed by atoms with Gasteiger partial charge in [-0.15, -0.1) is 0 Å². The zero-order valence-corrected chi connectivity index (χ0v) is 16.8. The lowest BCUT2D eigenvalue weighted by Crippen LogP contribution is -2.45. The van der Waals surface area contributed by atoms with E-state index in [4.69, 9.17) is 9.72 Å². The number of nitrogens with one attached hydrogen (secondary N) is 1. The van der Waals surface area contributed by atoms with Crippen LogP contribution >= 0.6 is 0 Å². The average Bonchev–Trinajstić information content (AvgIpc) is 2.92. The molecule has 1 fully saturated rings. The van der Waals surface area contributed by atoms with Crippen LogP contribution in [0.1, 0.15) is 16.8 Å². The SMILES string of the molecule is COc1ccccc1CN1CCc2nc(N3CCN(C)CC3)[nH]c(=O)c2CC1. The maximum atomic E-state index is 12.7. The van der Waals surface area contributed by atoms with Crippen molar-refractivity contribution in [3.63, 3.8) is 0 Å². The molecule has 1 aromatic heterocycles. The Labute approximate surface area is 165 Å². The summed E-state index contributed by atoms with van der Waals surface area (Å²) in [5, 5.41) is 0. The van der Waals surface area contributed by atoms with Crippen LogP contribution in [-0.4, -0.2) is 73.2 Å². The Kier molecular flexibility index (Phi) is 5.64. The first-order valence-corrected chi connectivity index (χ1v) is 10.0. The van der Waals surface area contributed by atoms with Crippen molar-refractivity contribution in [3.8, 4) is 5.75 Å². The third-order valence-electron chi connectivity index (χ3n) is 5.82. The number of methoxy groups -OCH3 is 1. The third-order valence-corrected chi connectivity index (χ3v) is 5.82. The maximum Gasteiger partial charge on any atom is 0.255 e. The first-order chi connectivity index (χ1) is 13.6. The molecule has 0 atom stereocenters. The summed E-state index contributed by atoms with van der Waals surface area (Å²) in [6.45, 7) is 6.35. The van der Waals surface area contributed by atoms with Gasteiger partial charge in [-0.2, -0.15) is 0 Å². The molecule has 28 heavy (non-hydrogen) atoms. The molecule has 0 amide bonds. The van der Waals surface area contributed by atoms with Crippen molar-refractivity contribution in [2.24, 2.45) is 0 Å². The molecule has 0 unspecified atom stereocenters. The molecule has 150 valence electrons. The minimum atomic E-state index is 0.0260. The summed E-state index contributed by atoms with van der Waals surface area (Å²) in [5.41, 5.74) is 3.01. The van der Waals surface area contributed by atoms with Gasteiger partial charge in [0.2, 0.25) is 5.95 Å². The molecular formula is C21H29N5O2. The minimum Gasteiger partial charge on any atom is -0.496 e. The molecule has 2 aliphatic heterocycles. The molecule has 7 nitrogen and oxygen atoms in total. The van der Waals surface area contributed by atoms with E-state index in [1.165, 1.54) is 5.56 Å². The molecule has 2 aliphatic rings. The topological polar surface area (TPSA) is 64.7 Å². The average molecular weight is 383 g/mol. The number of para-hydroxylation sites is 1. The Morgan fingerprint density at radius 1 is 1.07 bits per heavy atom. The number of rotatable bonds is 4. The molecule has 2 aromatic rings. The monoisotopic (exact) mass is 383 g/mol. The molecule has 1 aromatic carbocycles. The zero-order chi connectivity index (χ0) is 19.5. The summed E-state index contributed by atoms with van der Waals surface area (Å²) in [5.74, 6) is 1.65. The van der Waals surface area contributed by atoms with Crippen LogP contribution in [0.25, 0.3) is 0 Å². The smallest absolute Gasteiger partial charge is 0.255 e. The van der Waals surface area contributed by atoms with Gasteiger partial charge in [-0.25, -0.2) is 4.98 Å². The summed E-state index contributed by atoms with van der Waals surface area (Å²) in [7, 11) is 3.83. The second-order valence-electron chi connectivity index (χ2n) is 7.69. The van der Waals surface area contributed by atoms with Crippen molar-refractivity contribution < 1.29 is 4.74 Å². The molecule has 0 saturated carbocycles. The van der Waals surface area contributed by atoms with Gasteiger partial charge in [0.05, 0.1) is 12.8 Å². The van der Waals surface area contributed by atoms with Crippen molar-refractivity contribution in [3.05, 3.63) is 51.4 Å². The van der Waals surface area contributed by atoms with E-state index in [1.54, 1.807) is 7.11 Å². The quantitative estimate of drug-likeness (QED) is 0.854. The Hall–Kier alpha value is -2.38. The van der Waals surface area contributed by atoms with Crippen LogP contribution < -0.4 is 15.2 Å². The van der Waals surface area contributed by atoms with Gasteiger partial charge in [-0.3, -0.25) is 14.7 Å². The zero-order valence-electron chi connectivity index (χ0n) is 16.8. The number of anilines is 1. The van der Waals surface area contributed by atoms with Crippen LogP contribution in [0.5, 0.6) is 5.75 Å². The van der Waals surface area contributed by atoms with Crippen LogP contribution in [0.2, 0.25) is 0 Å². The number of nitrogens with zero attached hydrogens (tertiary/aromatic N) is 4. The molecule has 0 radical (unpaired) electrons. The van der Waals surface area contributed by atoms with Gasteiger partial charge in [0.1, 0.15) is 5.75 Å². The van der Waals surface area contributed by atoms with E-state index in [-0.39, 0.29) is 5.56 Å². The Balaban J connectivity index is 1.49. The molecule has 0 spiro atoms. The van der Waals surface area contributed by atoms with E-state index in [1.807, 2.05) is 18.2 Å². The van der Waals surface area contributed by atoms with Crippen molar-refractivity contribution in [1.82, 2.24) is 19.8 Å². The number of hydrogen-bond donors (Lipinski definition) is 1. The number of hydrogen-bond acceptors (Lipinski definition) is 6. The Morgan fingerprint density at radius 3 is 2.61 bits per heavy atom. The number of aromatic amines is 1. The predicted octanol–water partition coefficient (Wildman–Crippen LogP) is 1.13. The fourth-order valence-corrected chi connectivity index (χ4v) is 4.04. The maximum absolute atomic E-state index is 12.7. The highest BCUT2D eigenvalue weighted by Gasteiger charge is 2.22. The first kappa shape index (κ1) is 19.0. The molecule has 0 bridgehead atoms. The van der Waals surface area contributed by atoms with E-state index in [9.17, 15) is 4.79 Å². The first-order valence-electron chi connectivity index (χ1n) is 10.0. The second kappa shape index (κ2) is 8.32. The fraction of sp³-hybridized carbons (Fsp3) is 0.524. The van der Waals surface area contributed by atoms with Gasteiger partial charge < -0.3 is 14.5 Å². The van der Waals surface area contributed by atoms with Gasteiger partial charge in [0.15, 0.2) is 0 Å². The van der Waals surface area contributed by atoms with Crippen LogP contribution in [-0.2, 0) is 19.4 Å². The van der Waals surface area contributed by atoms with E-state index in [0.29, 0.717) is 0 Å². The van der Waals surface area contributed by atoms with Crippen molar-refractivity contribution in [1.29, 1.82) is 0 Å². The lowest BCUT2D eigenvalue weighted by Gasteiger charge is -2.32. The van der Waals surface area contributed by atoms with Crippen molar-refractivity contribution in [2.45, 2.75) is 19.4 Å². The minimum absolute atomic E-state index is 0.0260. The number of aromatic nitrogens is 2. The van der Waals surface area contributed by atoms with E-state index >= 15 is 0 Å². The van der Waals surface area contributed by atoms with Crippen molar-refractivity contribution >= 4 is 5.95 Å². The van der Waals surface area contributed by atoms with Crippen LogP contribution in [0.3, 0.4) is 0 Å². The second-order valence-corrected chi connectivity index (χ2v) is 7.69. The van der Waals surface area contributed by atoms with Crippen LogP contribution in [0, 0.1) is 0 Å². The molecule has 0 aliphatic carbocycles. The lowest BCUT2D eigenvalue weighted by molar-refractivity contribution is 0.273. The molecule has 7 heteroatoms. The number of fused-ring (bicyclic) bond motifs is 1. The van der Waals surface area contributed by atoms with Crippen LogP contribution in [0.15, 0.2) is 29.1 Å². The third kappa shape index (κ3) is 4.05. The number of H-pyrrole nitrogens is 1. The number of ether oxygens (including phenoxy) is 1. The number of benzene rings is 1. The predicted molar refractivity (Wildman–Crippen MR) is 110 cm³/mol. The molecule has 4 rings (SSSR count). The highest BCUT2D eigenvalue weighted by molar-refractivity contribution is 5.35. The summed E-state index contributed by atoms with van der Waals surface area (Å²) in [6, 6.07) is 8.13. The lowest BCUT2D eigenvalue weighted by atomic mass is 10.1. The van der Waals surface area contributed by atoms with Gasteiger partial charge in [0.25, 0.3) is 5.56 Å². The Morgan fingerprint density at radius 2 is 1.82 bits per heavy atom. The van der Waals surface area contributed by atoms with Crippen LogP contribution in [0.4, 0.5) is 5.95 Å².